The Bertz CT molecular complexity index is 1770. The van der Waals surface area contributed by atoms with Gasteiger partial charge in [-0.1, -0.05) is 6.07 Å². The fourth-order valence-electron chi connectivity index (χ4n) is 5.91. The number of anilines is 3. The maximum Gasteiger partial charge on any atom is 0.262 e. The SMILES string of the molecule is COc1cc2c(c(OC)c1OC)-c1ccc(NC(CCSC)C(=O)Nc3ccc4c(c3)NC(=O)CO4)c(=O)cc1C(NC(C)=O)CC2. The van der Waals surface area contributed by atoms with Gasteiger partial charge in [-0.2, -0.15) is 11.8 Å². The largest absolute Gasteiger partial charge is 0.493 e. The summed E-state index contributed by atoms with van der Waals surface area (Å²) in [6.07, 6.45) is 3.47. The summed E-state index contributed by atoms with van der Waals surface area (Å²) in [5, 5.41) is 11.8. The molecule has 3 amide bonds. The van der Waals surface area contributed by atoms with Gasteiger partial charge in [0.05, 0.1) is 38.7 Å². The molecule has 0 radical (unpaired) electrons. The van der Waals surface area contributed by atoms with Crippen molar-refractivity contribution < 1.29 is 33.3 Å². The van der Waals surface area contributed by atoms with E-state index in [1.165, 1.54) is 20.1 Å². The van der Waals surface area contributed by atoms with Crippen LogP contribution >= 0.6 is 11.8 Å². The second-order valence-corrected chi connectivity index (χ2v) is 12.1. The van der Waals surface area contributed by atoms with Gasteiger partial charge in [-0.3, -0.25) is 19.2 Å². The quantitative estimate of drug-likeness (QED) is 0.233. The predicted octanol–water partition coefficient (Wildman–Crippen LogP) is 4.37. The van der Waals surface area contributed by atoms with Gasteiger partial charge in [0.1, 0.15) is 11.8 Å². The van der Waals surface area contributed by atoms with Gasteiger partial charge in [-0.05, 0) is 84.4 Å². The van der Waals surface area contributed by atoms with Gasteiger partial charge in [-0.25, -0.2) is 0 Å². The number of hydrogen-bond acceptors (Lipinski definition) is 10. The number of aryl methyl sites for hydroxylation is 1. The maximum atomic E-state index is 13.9. The van der Waals surface area contributed by atoms with Gasteiger partial charge in [0.15, 0.2) is 18.1 Å². The third kappa shape index (κ3) is 7.25. The second-order valence-electron chi connectivity index (χ2n) is 11.1. The van der Waals surface area contributed by atoms with Gasteiger partial charge in [0, 0.05) is 18.2 Å². The van der Waals surface area contributed by atoms with E-state index in [9.17, 15) is 19.2 Å². The van der Waals surface area contributed by atoms with Crippen LogP contribution in [0.4, 0.5) is 17.1 Å². The van der Waals surface area contributed by atoms with E-state index in [2.05, 4.69) is 21.3 Å². The van der Waals surface area contributed by atoms with Crippen molar-refractivity contribution in [2.24, 2.45) is 0 Å². The van der Waals surface area contributed by atoms with E-state index in [0.29, 0.717) is 70.5 Å². The topological polar surface area (TPSA) is 153 Å². The Morgan fingerprint density at radius 1 is 1.04 bits per heavy atom. The lowest BCUT2D eigenvalue weighted by Crippen LogP contribution is -2.36. The number of carbonyl (C=O) groups excluding carboxylic acids is 3. The summed E-state index contributed by atoms with van der Waals surface area (Å²) in [4.78, 5) is 51.5. The van der Waals surface area contributed by atoms with Crippen molar-refractivity contribution in [1.29, 1.82) is 0 Å². The zero-order valence-electron chi connectivity index (χ0n) is 26.9. The zero-order valence-corrected chi connectivity index (χ0v) is 27.7. The highest BCUT2D eigenvalue weighted by atomic mass is 32.2. The van der Waals surface area contributed by atoms with E-state index < -0.39 is 12.1 Å². The number of fused-ring (bicyclic) bond motifs is 4. The number of amides is 3. The first kappa shape index (κ1) is 33.5. The van der Waals surface area contributed by atoms with Crippen LogP contribution in [0.15, 0.2) is 47.3 Å². The molecule has 0 aromatic heterocycles. The summed E-state index contributed by atoms with van der Waals surface area (Å²) < 4.78 is 22.6. The fraction of sp³-hybridized carbons (Fsp3) is 0.353. The zero-order chi connectivity index (χ0) is 33.7. The lowest BCUT2D eigenvalue weighted by Gasteiger charge is -2.21. The number of thioether (sulfide) groups is 1. The molecule has 0 spiro atoms. The Morgan fingerprint density at radius 2 is 1.83 bits per heavy atom. The molecular formula is C34H38N4O8S. The Kier molecular flexibility index (Phi) is 10.4. The van der Waals surface area contributed by atoms with E-state index in [0.717, 1.165) is 11.1 Å². The Morgan fingerprint density at radius 3 is 2.53 bits per heavy atom. The fourth-order valence-corrected chi connectivity index (χ4v) is 6.38. The minimum atomic E-state index is -0.767. The van der Waals surface area contributed by atoms with E-state index in [1.54, 1.807) is 50.2 Å². The molecular weight excluding hydrogens is 624 g/mol. The number of benzene rings is 2. The summed E-state index contributed by atoms with van der Waals surface area (Å²) in [6.45, 7) is 1.37. The van der Waals surface area contributed by atoms with Gasteiger partial charge >= 0.3 is 0 Å². The molecule has 4 N–H and O–H groups in total. The smallest absolute Gasteiger partial charge is 0.262 e. The molecule has 5 rings (SSSR count). The molecule has 0 saturated carbocycles. The molecule has 47 heavy (non-hydrogen) atoms. The number of hydrogen-bond donors (Lipinski definition) is 4. The van der Waals surface area contributed by atoms with Crippen molar-refractivity contribution in [1.82, 2.24) is 5.32 Å². The first-order chi connectivity index (χ1) is 22.7. The van der Waals surface area contributed by atoms with E-state index in [-0.39, 0.29) is 35.4 Å². The van der Waals surface area contributed by atoms with E-state index >= 15 is 0 Å². The Hall–Kier alpha value is -4.91. The van der Waals surface area contributed by atoms with Crippen LogP contribution in [0.1, 0.15) is 36.9 Å². The first-order valence-electron chi connectivity index (χ1n) is 15.1. The van der Waals surface area contributed by atoms with E-state index in [4.69, 9.17) is 18.9 Å². The van der Waals surface area contributed by atoms with Crippen LogP contribution in [0.25, 0.3) is 11.1 Å². The highest BCUT2D eigenvalue weighted by Gasteiger charge is 2.30. The molecule has 2 unspecified atom stereocenters. The highest BCUT2D eigenvalue weighted by Crippen LogP contribution is 2.50. The molecule has 12 nitrogen and oxygen atoms in total. The van der Waals surface area contributed by atoms with Gasteiger partial charge in [0.25, 0.3) is 5.91 Å². The summed E-state index contributed by atoms with van der Waals surface area (Å²) in [5.74, 6) is 1.67. The molecule has 13 heteroatoms. The lowest BCUT2D eigenvalue weighted by molar-refractivity contribution is -0.120. The normalized spacial score (nSPS) is 15.3. The molecule has 248 valence electrons. The van der Waals surface area contributed by atoms with Crippen LogP contribution < -0.4 is 45.6 Å². The van der Waals surface area contributed by atoms with Gasteiger partial charge < -0.3 is 40.2 Å². The van der Waals surface area contributed by atoms with E-state index in [1.807, 2.05) is 18.4 Å². The minimum absolute atomic E-state index is 0.0689. The first-order valence-corrected chi connectivity index (χ1v) is 16.5. The molecule has 0 saturated heterocycles. The van der Waals surface area contributed by atoms with Crippen LogP contribution in [0, 0.1) is 0 Å². The van der Waals surface area contributed by atoms with Crippen molar-refractivity contribution in [2.45, 2.75) is 38.3 Å². The van der Waals surface area contributed by atoms with Crippen LogP contribution in [-0.4, -0.2) is 63.7 Å². The summed E-state index contributed by atoms with van der Waals surface area (Å²) in [6, 6.07) is 10.6. The van der Waals surface area contributed by atoms with Gasteiger partial charge in [0.2, 0.25) is 23.0 Å². The molecule has 1 aliphatic carbocycles. The summed E-state index contributed by atoms with van der Waals surface area (Å²) >= 11 is 1.58. The van der Waals surface area contributed by atoms with Crippen LogP contribution in [0.5, 0.6) is 23.0 Å². The third-order valence-electron chi connectivity index (χ3n) is 8.05. The van der Waals surface area contributed by atoms with Crippen LogP contribution in [0.3, 0.4) is 0 Å². The van der Waals surface area contributed by atoms with Crippen molar-refractivity contribution in [3.05, 3.63) is 63.8 Å². The monoisotopic (exact) mass is 662 g/mol. The number of rotatable bonds is 11. The molecule has 2 aliphatic rings. The third-order valence-corrected chi connectivity index (χ3v) is 8.70. The molecule has 0 fully saturated rings. The van der Waals surface area contributed by atoms with Crippen LogP contribution in [0.2, 0.25) is 0 Å². The van der Waals surface area contributed by atoms with Crippen molar-refractivity contribution in [2.75, 3.05) is 55.9 Å². The molecule has 1 aliphatic heterocycles. The molecule has 2 atom stereocenters. The second kappa shape index (κ2) is 14.7. The van der Waals surface area contributed by atoms with Crippen LogP contribution in [-0.2, 0) is 20.8 Å². The van der Waals surface area contributed by atoms with Gasteiger partial charge in [-0.15, -0.1) is 0 Å². The Labute approximate surface area is 276 Å². The maximum absolute atomic E-state index is 13.9. The minimum Gasteiger partial charge on any atom is -0.493 e. The molecule has 1 heterocycles. The van der Waals surface area contributed by atoms with Crippen molar-refractivity contribution in [3.8, 4) is 34.1 Å². The number of nitrogens with one attached hydrogen (secondary N) is 4. The standard InChI is InChI=1S/C34H38N4O8S/c1-18(39)35-23-9-6-19-14-29(43-2)32(44-3)33(45-4)31(19)21-8-10-24(27(40)16-22(21)23)37-25(12-13-47-5)34(42)36-20-7-11-28-26(15-20)38-30(41)17-46-28/h7-8,10-11,14-16,23,25H,6,9,12-13,17H2,1-5H3,(H,35,39)(H,36,42)(H,37,40)(H,38,41). The average Bonchev–Trinajstić information content (AvgIpc) is 3.29. The average molecular weight is 663 g/mol. The number of carbonyl (C=O) groups is 3. The molecule has 3 aromatic carbocycles. The predicted molar refractivity (Wildman–Crippen MR) is 182 cm³/mol. The lowest BCUT2D eigenvalue weighted by atomic mass is 9.95. The number of ether oxygens (including phenoxy) is 4. The highest BCUT2D eigenvalue weighted by molar-refractivity contribution is 7.98. The molecule has 0 bridgehead atoms. The molecule has 3 aromatic rings. The summed E-state index contributed by atoms with van der Waals surface area (Å²) in [7, 11) is 4.62. The Balaban J connectivity index is 1.55. The van der Waals surface area contributed by atoms with Crippen molar-refractivity contribution in [3.63, 3.8) is 0 Å². The summed E-state index contributed by atoms with van der Waals surface area (Å²) in [5.41, 5.74) is 3.74. The number of methoxy groups -OCH3 is 3. The van der Waals surface area contributed by atoms with Crippen molar-refractivity contribution >= 4 is 46.5 Å².